The fraction of sp³-hybridized carbons (Fsp3) is 0.333. The number of ether oxygens (including phenoxy) is 2. The number of rotatable bonds is 7. The van der Waals surface area contributed by atoms with Gasteiger partial charge in [0.05, 0.1) is 19.8 Å². The number of aromatic nitrogens is 1. The van der Waals surface area contributed by atoms with Gasteiger partial charge in [0, 0.05) is 23.6 Å². The zero-order valence-corrected chi connectivity index (χ0v) is 16.6. The van der Waals surface area contributed by atoms with Gasteiger partial charge in [0.25, 0.3) is 0 Å². The molecule has 1 unspecified atom stereocenters. The summed E-state index contributed by atoms with van der Waals surface area (Å²) >= 11 is 0. The van der Waals surface area contributed by atoms with Crippen LogP contribution in [0.5, 0.6) is 11.5 Å². The van der Waals surface area contributed by atoms with Gasteiger partial charge in [0.1, 0.15) is 0 Å². The number of hydrogen-bond acceptors (Lipinski definition) is 3. The minimum atomic E-state index is 0.163. The van der Waals surface area contributed by atoms with E-state index in [1.165, 1.54) is 22.1 Å². The summed E-state index contributed by atoms with van der Waals surface area (Å²) in [4.78, 5) is 3.34. The van der Waals surface area contributed by atoms with Gasteiger partial charge in [-0.25, -0.2) is 0 Å². The zero-order valence-electron chi connectivity index (χ0n) is 16.6. The molecule has 0 saturated carbocycles. The van der Waals surface area contributed by atoms with E-state index in [0.29, 0.717) is 0 Å². The monoisotopic (exact) mass is 376 g/mol. The van der Waals surface area contributed by atoms with Gasteiger partial charge in [-0.1, -0.05) is 43.7 Å². The second kappa shape index (κ2) is 8.53. The molecule has 1 atom stereocenters. The molecular weight excluding hydrogens is 348 g/mol. The Hall–Kier alpha value is -2.72. The molecule has 2 aromatic carbocycles. The first-order chi connectivity index (χ1) is 13.8. The highest BCUT2D eigenvalue weighted by Gasteiger charge is 2.21. The van der Waals surface area contributed by atoms with Crippen molar-refractivity contribution in [3.63, 3.8) is 0 Å². The van der Waals surface area contributed by atoms with Crippen molar-refractivity contribution in [1.29, 1.82) is 0 Å². The maximum Gasteiger partial charge on any atom is 0.161 e. The molecule has 4 heteroatoms. The van der Waals surface area contributed by atoms with Crippen molar-refractivity contribution in [2.75, 3.05) is 20.3 Å². The zero-order chi connectivity index (χ0) is 19.3. The molecule has 1 aliphatic rings. The summed E-state index contributed by atoms with van der Waals surface area (Å²) in [6, 6.07) is 12.8. The van der Waals surface area contributed by atoms with E-state index in [4.69, 9.17) is 9.47 Å². The van der Waals surface area contributed by atoms with Crippen LogP contribution in [0.15, 0.2) is 48.7 Å². The Morgan fingerprint density at radius 2 is 2.07 bits per heavy atom. The van der Waals surface area contributed by atoms with Crippen LogP contribution in [0.3, 0.4) is 0 Å². The Kier molecular flexibility index (Phi) is 5.68. The van der Waals surface area contributed by atoms with Gasteiger partial charge in [-0.15, -0.1) is 0 Å². The maximum atomic E-state index is 5.97. The van der Waals surface area contributed by atoms with Gasteiger partial charge >= 0.3 is 0 Å². The highest BCUT2D eigenvalue weighted by molar-refractivity contribution is 5.88. The van der Waals surface area contributed by atoms with Crippen LogP contribution >= 0.6 is 0 Å². The van der Waals surface area contributed by atoms with Crippen molar-refractivity contribution in [3.05, 3.63) is 65.4 Å². The Labute approximate surface area is 166 Å². The molecule has 4 rings (SSSR count). The Balaban J connectivity index is 1.61. The molecule has 0 spiro atoms. The Morgan fingerprint density at radius 1 is 1.18 bits per heavy atom. The fourth-order valence-electron chi connectivity index (χ4n) is 3.80. The molecular formula is C24H28N2O2. The number of nitrogens with one attached hydrogen (secondary N) is 2. The third-order valence-electron chi connectivity index (χ3n) is 5.36. The molecule has 2 N–H and O–H groups in total. The average Bonchev–Trinajstić information content (AvgIpc) is 3.15. The van der Waals surface area contributed by atoms with Crippen LogP contribution in [0, 0.1) is 0 Å². The van der Waals surface area contributed by atoms with Crippen LogP contribution in [-0.2, 0) is 6.42 Å². The SMILES string of the molecule is CCCCOc1cc2c(cc1OC)C(/C=C/c1c[nH]c3ccccc13)NCC2. The molecule has 146 valence electrons. The van der Waals surface area contributed by atoms with Crippen molar-refractivity contribution in [2.45, 2.75) is 32.2 Å². The summed E-state index contributed by atoms with van der Waals surface area (Å²) in [7, 11) is 1.71. The largest absolute Gasteiger partial charge is 0.493 e. The number of methoxy groups -OCH3 is 1. The van der Waals surface area contributed by atoms with Gasteiger partial charge in [-0.3, -0.25) is 0 Å². The molecule has 0 amide bonds. The van der Waals surface area contributed by atoms with E-state index in [0.717, 1.165) is 49.4 Å². The highest BCUT2D eigenvalue weighted by Crippen LogP contribution is 2.36. The number of aromatic amines is 1. The molecule has 1 aromatic heterocycles. The molecule has 0 aliphatic carbocycles. The van der Waals surface area contributed by atoms with Crippen molar-refractivity contribution in [2.24, 2.45) is 0 Å². The standard InChI is InChI=1S/C24H28N2O2/c1-3-4-13-28-24-14-17-11-12-25-22(20(17)15-23(24)27-2)10-9-18-16-26-21-8-6-5-7-19(18)21/h5-10,14-16,22,25-26H,3-4,11-13H2,1-2H3/b10-9+. The first-order valence-electron chi connectivity index (χ1n) is 10.1. The summed E-state index contributed by atoms with van der Waals surface area (Å²) in [5.41, 5.74) is 4.97. The molecule has 28 heavy (non-hydrogen) atoms. The predicted molar refractivity (Wildman–Crippen MR) is 115 cm³/mol. The van der Waals surface area contributed by atoms with E-state index in [9.17, 15) is 0 Å². The molecule has 0 saturated heterocycles. The number of para-hydroxylation sites is 1. The predicted octanol–water partition coefficient (Wildman–Crippen LogP) is 5.26. The molecule has 1 aliphatic heterocycles. The third-order valence-corrected chi connectivity index (χ3v) is 5.36. The van der Waals surface area contributed by atoms with E-state index >= 15 is 0 Å². The van der Waals surface area contributed by atoms with Crippen LogP contribution in [0.2, 0.25) is 0 Å². The van der Waals surface area contributed by atoms with Gasteiger partial charge in [-0.2, -0.15) is 0 Å². The lowest BCUT2D eigenvalue weighted by atomic mass is 9.93. The summed E-state index contributed by atoms with van der Waals surface area (Å²) in [6.07, 6.45) is 9.68. The van der Waals surface area contributed by atoms with E-state index in [-0.39, 0.29) is 6.04 Å². The smallest absolute Gasteiger partial charge is 0.161 e. The number of unbranched alkanes of at least 4 members (excludes halogenated alkanes) is 1. The van der Waals surface area contributed by atoms with Crippen LogP contribution in [0.4, 0.5) is 0 Å². The van der Waals surface area contributed by atoms with Crippen molar-refractivity contribution < 1.29 is 9.47 Å². The fourth-order valence-corrected chi connectivity index (χ4v) is 3.80. The first-order valence-corrected chi connectivity index (χ1v) is 10.1. The second-order valence-electron chi connectivity index (χ2n) is 7.23. The highest BCUT2D eigenvalue weighted by atomic mass is 16.5. The number of benzene rings is 2. The van der Waals surface area contributed by atoms with E-state index in [1.54, 1.807) is 7.11 Å². The molecule has 4 nitrogen and oxygen atoms in total. The topological polar surface area (TPSA) is 46.3 Å². The summed E-state index contributed by atoms with van der Waals surface area (Å²) in [5, 5.41) is 4.86. The Bertz CT molecular complexity index is 974. The van der Waals surface area contributed by atoms with Crippen LogP contribution in [-0.4, -0.2) is 25.2 Å². The molecule has 0 fully saturated rings. The Morgan fingerprint density at radius 3 is 2.93 bits per heavy atom. The average molecular weight is 377 g/mol. The number of hydrogen-bond donors (Lipinski definition) is 2. The lowest BCUT2D eigenvalue weighted by Gasteiger charge is -2.26. The molecule has 3 aromatic rings. The molecule has 0 radical (unpaired) electrons. The van der Waals surface area contributed by atoms with Crippen LogP contribution in [0.25, 0.3) is 17.0 Å². The number of H-pyrrole nitrogens is 1. The van der Waals surface area contributed by atoms with Crippen molar-refractivity contribution >= 4 is 17.0 Å². The second-order valence-corrected chi connectivity index (χ2v) is 7.23. The van der Waals surface area contributed by atoms with Crippen LogP contribution in [0.1, 0.15) is 42.5 Å². The minimum absolute atomic E-state index is 0.163. The lowest BCUT2D eigenvalue weighted by Crippen LogP contribution is -2.28. The van der Waals surface area contributed by atoms with Gasteiger partial charge in [0.15, 0.2) is 11.5 Å². The maximum absolute atomic E-state index is 5.97. The van der Waals surface area contributed by atoms with Crippen molar-refractivity contribution in [1.82, 2.24) is 10.3 Å². The van der Waals surface area contributed by atoms with Gasteiger partial charge < -0.3 is 19.8 Å². The first kappa shape index (κ1) is 18.6. The quantitative estimate of drug-likeness (QED) is 0.553. The lowest BCUT2D eigenvalue weighted by molar-refractivity contribution is 0.287. The minimum Gasteiger partial charge on any atom is -0.493 e. The van der Waals surface area contributed by atoms with E-state index in [1.807, 2.05) is 0 Å². The summed E-state index contributed by atoms with van der Waals surface area (Å²) in [5.74, 6) is 1.67. The molecule has 0 bridgehead atoms. The number of fused-ring (bicyclic) bond motifs is 2. The molecule has 2 heterocycles. The van der Waals surface area contributed by atoms with Gasteiger partial charge in [0.2, 0.25) is 0 Å². The van der Waals surface area contributed by atoms with Gasteiger partial charge in [-0.05, 0) is 47.7 Å². The van der Waals surface area contributed by atoms with E-state index < -0.39 is 0 Å². The van der Waals surface area contributed by atoms with Crippen LogP contribution < -0.4 is 14.8 Å². The normalized spacial score (nSPS) is 16.4. The summed E-state index contributed by atoms with van der Waals surface area (Å²) < 4.78 is 11.6. The van der Waals surface area contributed by atoms with Crippen molar-refractivity contribution in [3.8, 4) is 11.5 Å². The summed E-state index contributed by atoms with van der Waals surface area (Å²) in [6.45, 7) is 3.86. The van der Waals surface area contributed by atoms with E-state index in [2.05, 4.69) is 72.0 Å². The third kappa shape index (κ3) is 3.78.